The van der Waals surface area contributed by atoms with Crippen molar-refractivity contribution in [3.05, 3.63) is 11.1 Å². The predicted molar refractivity (Wildman–Crippen MR) is 61.1 cm³/mol. The highest BCUT2D eigenvalue weighted by Gasteiger charge is 2.40. The molecule has 0 spiro atoms. The van der Waals surface area contributed by atoms with Crippen LogP contribution < -0.4 is 0 Å². The summed E-state index contributed by atoms with van der Waals surface area (Å²) in [7, 11) is 0. The van der Waals surface area contributed by atoms with Crippen molar-refractivity contribution in [1.29, 1.82) is 0 Å². The Morgan fingerprint density at radius 3 is 2.67 bits per heavy atom. The van der Waals surface area contributed by atoms with Crippen LogP contribution in [-0.2, 0) is 0 Å². The fraction of sp³-hybridized carbons (Fsp3) is 0.692. The Morgan fingerprint density at radius 2 is 2.20 bits per heavy atom. The van der Waals surface area contributed by atoms with Gasteiger partial charge in [-0.2, -0.15) is 0 Å². The van der Waals surface area contributed by atoms with Crippen LogP contribution >= 0.6 is 0 Å². The van der Waals surface area contributed by atoms with E-state index >= 15 is 0 Å². The summed E-state index contributed by atoms with van der Waals surface area (Å²) in [6, 6.07) is 0. The van der Waals surface area contributed by atoms with Gasteiger partial charge in [-0.15, -0.1) is 6.42 Å². The van der Waals surface area contributed by atoms with Gasteiger partial charge < -0.3 is 10.2 Å². The fourth-order valence-electron chi connectivity index (χ4n) is 2.66. The van der Waals surface area contributed by atoms with Crippen LogP contribution in [0, 0.1) is 23.7 Å². The van der Waals surface area contributed by atoms with E-state index in [0.717, 1.165) is 18.4 Å². The van der Waals surface area contributed by atoms with Crippen molar-refractivity contribution < 1.29 is 10.2 Å². The lowest BCUT2D eigenvalue weighted by Gasteiger charge is -2.42. The van der Waals surface area contributed by atoms with Crippen LogP contribution in [0.5, 0.6) is 0 Å². The van der Waals surface area contributed by atoms with Gasteiger partial charge in [0, 0.05) is 5.92 Å². The summed E-state index contributed by atoms with van der Waals surface area (Å²) < 4.78 is 0. The van der Waals surface area contributed by atoms with Crippen LogP contribution in [0.15, 0.2) is 11.1 Å². The van der Waals surface area contributed by atoms with Crippen molar-refractivity contribution in [3.63, 3.8) is 0 Å². The van der Waals surface area contributed by atoms with Gasteiger partial charge in [0.05, 0.1) is 6.61 Å². The lowest BCUT2D eigenvalue weighted by Crippen LogP contribution is -2.39. The molecule has 0 aromatic heterocycles. The van der Waals surface area contributed by atoms with Gasteiger partial charge in [0.15, 0.2) is 0 Å². The van der Waals surface area contributed by atoms with Crippen LogP contribution in [0.1, 0.15) is 33.6 Å². The van der Waals surface area contributed by atoms with E-state index in [2.05, 4.69) is 5.92 Å². The first kappa shape index (κ1) is 12.3. The first-order chi connectivity index (χ1) is 6.95. The van der Waals surface area contributed by atoms with Gasteiger partial charge in [0.2, 0.25) is 0 Å². The molecular weight excluding hydrogens is 188 g/mol. The van der Waals surface area contributed by atoms with E-state index in [1.54, 1.807) is 0 Å². The Hall–Kier alpha value is -0.780. The second-order valence-corrected chi connectivity index (χ2v) is 4.90. The molecule has 1 rings (SSSR count). The topological polar surface area (TPSA) is 40.5 Å². The van der Waals surface area contributed by atoms with Crippen molar-refractivity contribution in [2.24, 2.45) is 11.3 Å². The maximum Gasteiger partial charge on any atom is 0.118 e. The Bertz CT molecular complexity index is 307. The normalized spacial score (nSPS) is 27.3. The molecule has 2 N–H and O–H groups in total. The molecule has 0 saturated carbocycles. The van der Waals surface area contributed by atoms with E-state index in [4.69, 9.17) is 6.42 Å². The van der Waals surface area contributed by atoms with Gasteiger partial charge in [-0.1, -0.05) is 25.3 Å². The maximum atomic E-state index is 9.78. The highest BCUT2D eigenvalue weighted by molar-refractivity contribution is 5.26. The lowest BCUT2D eigenvalue weighted by molar-refractivity contribution is 0.0710. The van der Waals surface area contributed by atoms with Crippen LogP contribution in [0.2, 0.25) is 0 Å². The zero-order valence-corrected chi connectivity index (χ0v) is 9.75. The van der Waals surface area contributed by atoms with Gasteiger partial charge >= 0.3 is 0 Å². The Balaban J connectivity index is 3.06. The van der Waals surface area contributed by atoms with E-state index in [1.807, 2.05) is 20.8 Å². The van der Waals surface area contributed by atoms with Gasteiger partial charge in [-0.05, 0) is 30.8 Å². The van der Waals surface area contributed by atoms with E-state index in [9.17, 15) is 10.2 Å². The van der Waals surface area contributed by atoms with E-state index in [0.29, 0.717) is 0 Å². The van der Waals surface area contributed by atoms with E-state index in [1.165, 1.54) is 5.57 Å². The zero-order valence-electron chi connectivity index (χ0n) is 9.75. The van der Waals surface area contributed by atoms with Crippen molar-refractivity contribution in [1.82, 2.24) is 0 Å². The summed E-state index contributed by atoms with van der Waals surface area (Å²) in [5.41, 5.74) is 2.07. The third-order valence-corrected chi connectivity index (χ3v) is 3.76. The average Bonchev–Trinajstić information content (AvgIpc) is 2.16. The van der Waals surface area contributed by atoms with Gasteiger partial charge in [0.25, 0.3) is 0 Å². The molecular formula is C13H20O2. The molecule has 2 atom stereocenters. The summed E-state index contributed by atoms with van der Waals surface area (Å²) in [6.07, 6.45) is 6.37. The quantitative estimate of drug-likeness (QED) is 0.536. The lowest BCUT2D eigenvalue weighted by atomic mass is 9.64. The van der Waals surface area contributed by atoms with Gasteiger partial charge in [-0.3, -0.25) is 0 Å². The summed E-state index contributed by atoms with van der Waals surface area (Å²) in [6.45, 7) is 6.21. The SMILES string of the molecule is C#CC(O)C1CCC(C)=C(CO)C1(C)C. The molecule has 15 heavy (non-hydrogen) atoms. The second kappa shape index (κ2) is 4.38. The zero-order chi connectivity index (χ0) is 11.6. The molecule has 0 aromatic rings. The third kappa shape index (κ3) is 2.09. The second-order valence-electron chi connectivity index (χ2n) is 4.90. The number of hydrogen-bond donors (Lipinski definition) is 2. The van der Waals surface area contributed by atoms with Gasteiger partial charge in [0.1, 0.15) is 6.10 Å². The number of terminal acetylenes is 1. The summed E-state index contributed by atoms with van der Waals surface area (Å²) >= 11 is 0. The summed E-state index contributed by atoms with van der Waals surface area (Å²) in [5.74, 6) is 2.45. The van der Waals surface area contributed by atoms with Crippen LogP contribution in [0.4, 0.5) is 0 Å². The maximum absolute atomic E-state index is 9.78. The summed E-state index contributed by atoms with van der Waals surface area (Å²) in [5, 5.41) is 19.2. The highest BCUT2D eigenvalue weighted by Crippen LogP contribution is 2.45. The molecule has 1 aliphatic rings. The van der Waals surface area contributed by atoms with Crippen LogP contribution in [0.25, 0.3) is 0 Å². The molecule has 2 heteroatoms. The fourth-order valence-corrected chi connectivity index (χ4v) is 2.66. The van der Waals surface area contributed by atoms with Crippen molar-refractivity contribution >= 4 is 0 Å². The van der Waals surface area contributed by atoms with Crippen molar-refractivity contribution in [2.45, 2.75) is 39.7 Å². The average molecular weight is 208 g/mol. The van der Waals surface area contributed by atoms with Crippen LogP contribution in [-0.4, -0.2) is 22.9 Å². The smallest absolute Gasteiger partial charge is 0.118 e. The Labute approximate surface area is 92.0 Å². The first-order valence-electron chi connectivity index (χ1n) is 5.39. The molecule has 2 nitrogen and oxygen atoms in total. The number of rotatable bonds is 2. The van der Waals surface area contributed by atoms with Crippen LogP contribution in [0.3, 0.4) is 0 Å². The molecule has 0 saturated heterocycles. The third-order valence-electron chi connectivity index (χ3n) is 3.76. The minimum atomic E-state index is -0.713. The highest BCUT2D eigenvalue weighted by atomic mass is 16.3. The molecule has 0 fully saturated rings. The number of hydrogen-bond acceptors (Lipinski definition) is 2. The Kier molecular flexibility index (Phi) is 3.59. The molecule has 0 bridgehead atoms. The first-order valence-corrected chi connectivity index (χ1v) is 5.39. The monoisotopic (exact) mass is 208 g/mol. The molecule has 0 heterocycles. The number of aliphatic hydroxyl groups is 2. The van der Waals surface area contributed by atoms with Crippen molar-refractivity contribution in [3.8, 4) is 12.3 Å². The minimum Gasteiger partial charge on any atom is -0.392 e. The summed E-state index contributed by atoms with van der Waals surface area (Å²) in [4.78, 5) is 0. The molecule has 1 aliphatic carbocycles. The Morgan fingerprint density at radius 1 is 1.60 bits per heavy atom. The number of aliphatic hydroxyl groups excluding tert-OH is 2. The molecule has 2 unspecified atom stereocenters. The largest absolute Gasteiger partial charge is 0.392 e. The molecule has 84 valence electrons. The van der Waals surface area contributed by atoms with E-state index < -0.39 is 6.10 Å². The standard InChI is InChI=1S/C13H20O2/c1-5-12(15)10-7-6-9(2)11(8-14)13(10,3)4/h1,10,12,14-15H,6-8H2,2-4H3. The minimum absolute atomic E-state index is 0.0494. The van der Waals surface area contributed by atoms with E-state index in [-0.39, 0.29) is 17.9 Å². The molecule has 0 aromatic carbocycles. The molecule has 0 amide bonds. The molecule has 0 radical (unpaired) electrons. The number of allylic oxidation sites excluding steroid dienone is 1. The predicted octanol–water partition coefficient (Wildman–Crippen LogP) is 1.73. The van der Waals surface area contributed by atoms with Gasteiger partial charge in [-0.25, -0.2) is 0 Å². The van der Waals surface area contributed by atoms with Crippen molar-refractivity contribution in [2.75, 3.05) is 6.61 Å². The molecule has 0 aliphatic heterocycles.